The highest BCUT2D eigenvalue weighted by atomic mass is 16.4. The maximum absolute atomic E-state index is 10.6. The quantitative estimate of drug-likeness (QED) is 0.613. The maximum Gasteiger partial charge on any atom is 0.303 e. The Hall–Kier alpha value is -2.27. The van der Waals surface area contributed by atoms with Gasteiger partial charge in [0.1, 0.15) is 0 Å². The molecule has 0 fully saturated rings. The van der Waals surface area contributed by atoms with Crippen molar-refractivity contribution in [3.8, 4) is 0 Å². The first-order valence-corrected chi connectivity index (χ1v) is 8.35. The van der Waals surface area contributed by atoms with E-state index in [9.17, 15) is 4.79 Å². The summed E-state index contributed by atoms with van der Waals surface area (Å²) in [6.07, 6.45) is 4.03. The number of hydrogen-bond donors (Lipinski definition) is 3. The third kappa shape index (κ3) is 6.46. The Bertz CT molecular complexity index is 579. The summed E-state index contributed by atoms with van der Waals surface area (Å²) in [5.74, 6) is -0.812. The number of nitrogens with zero attached hydrogens (tertiary/aromatic N) is 1. The van der Waals surface area contributed by atoms with Crippen molar-refractivity contribution < 1.29 is 9.90 Å². The van der Waals surface area contributed by atoms with E-state index in [4.69, 9.17) is 16.6 Å². The minimum atomic E-state index is -0.812. The third-order valence-corrected chi connectivity index (χ3v) is 3.96. The Morgan fingerprint density at radius 1 is 1.33 bits per heavy atom. The van der Waals surface area contributed by atoms with Crippen molar-refractivity contribution in [3.63, 3.8) is 0 Å². The molecule has 0 radical (unpaired) electrons. The van der Waals surface area contributed by atoms with E-state index in [1.165, 1.54) is 0 Å². The molecule has 1 aromatic rings. The summed E-state index contributed by atoms with van der Waals surface area (Å²) in [5, 5.41) is 8.69. The van der Waals surface area contributed by atoms with Gasteiger partial charge in [0.25, 0.3) is 0 Å². The molecule has 0 spiro atoms. The largest absolute Gasteiger partial charge is 0.481 e. The zero-order chi connectivity index (χ0) is 18.1. The first-order valence-electron chi connectivity index (χ1n) is 8.35. The van der Waals surface area contributed by atoms with Gasteiger partial charge in [-0.1, -0.05) is 37.8 Å². The van der Waals surface area contributed by atoms with Crippen molar-refractivity contribution in [2.45, 2.75) is 45.6 Å². The van der Waals surface area contributed by atoms with Crippen LogP contribution in [0.15, 0.2) is 42.7 Å². The van der Waals surface area contributed by atoms with Gasteiger partial charge in [-0.15, -0.1) is 0 Å². The molecule has 0 unspecified atom stereocenters. The molecule has 0 bridgehead atoms. The lowest BCUT2D eigenvalue weighted by molar-refractivity contribution is -0.137. The van der Waals surface area contributed by atoms with Gasteiger partial charge in [-0.2, -0.15) is 0 Å². The lowest BCUT2D eigenvalue weighted by Crippen LogP contribution is -2.23. The molecule has 5 N–H and O–H groups in total. The first-order chi connectivity index (χ1) is 11.4. The van der Waals surface area contributed by atoms with Crippen molar-refractivity contribution in [2.24, 2.45) is 11.5 Å². The fraction of sp³-hybridized carbons (Fsp3) is 0.421. The zero-order valence-electron chi connectivity index (χ0n) is 14.7. The van der Waals surface area contributed by atoms with Gasteiger partial charge in [0, 0.05) is 30.9 Å². The van der Waals surface area contributed by atoms with Crippen LogP contribution >= 0.6 is 0 Å². The normalized spacial score (nSPS) is 12.7. The monoisotopic (exact) mass is 331 g/mol. The molecule has 132 valence electrons. The lowest BCUT2D eigenvalue weighted by atomic mass is 10.0. The average molecular weight is 331 g/mol. The fourth-order valence-corrected chi connectivity index (χ4v) is 2.40. The molecular weight excluding hydrogens is 302 g/mol. The van der Waals surface area contributed by atoms with Gasteiger partial charge < -0.3 is 21.5 Å². The molecule has 0 heterocycles. The number of aliphatic carboxylic acids is 1. The summed E-state index contributed by atoms with van der Waals surface area (Å²) in [6, 6.07) is 7.76. The van der Waals surface area contributed by atoms with E-state index in [2.05, 4.69) is 20.4 Å². The van der Waals surface area contributed by atoms with Gasteiger partial charge in [-0.3, -0.25) is 4.79 Å². The van der Waals surface area contributed by atoms with Crippen LogP contribution in [-0.4, -0.2) is 28.6 Å². The van der Waals surface area contributed by atoms with Gasteiger partial charge in [-0.25, -0.2) is 0 Å². The second-order valence-corrected chi connectivity index (χ2v) is 5.88. The predicted octanol–water partition coefficient (Wildman–Crippen LogP) is 2.92. The van der Waals surface area contributed by atoms with Crippen LogP contribution in [-0.2, 0) is 11.2 Å². The smallest absolute Gasteiger partial charge is 0.303 e. The summed E-state index contributed by atoms with van der Waals surface area (Å²) >= 11 is 0. The van der Waals surface area contributed by atoms with E-state index in [0.29, 0.717) is 18.5 Å². The van der Waals surface area contributed by atoms with E-state index in [-0.39, 0.29) is 12.5 Å². The van der Waals surface area contributed by atoms with Crippen molar-refractivity contribution in [1.82, 2.24) is 4.90 Å². The molecule has 0 aromatic heterocycles. The highest BCUT2D eigenvalue weighted by Gasteiger charge is 2.08. The van der Waals surface area contributed by atoms with E-state index in [0.717, 1.165) is 29.8 Å². The van der Waals surface area contributed by atoms with Crippen LogP contribution in [0.2, 0.25) is 0 Å². The standard InChI is InChI=1S/C19H29N3O2/c1-4-14(3)22(5-2)13-18(21)16-8-6-15(7-9-16)12-17(20)10-11-19(23)24/h6-9,13,17H,3-5,10-12,20-21H2,1-2H3,(H,23,24)/b18-13-/t17-/m1/s1. The van der Waals surface area contributed by atoms with E-state index in [1.807, 2.05) is 35.4 Å². The van der Waals surface area contributed by atoms with Crippen molar-refractivity contribution in [3.05, 3.63) is 53.9 Å². The molecule has 0 amide bonds. The topological polar surface area (TPSA) is 92.6 Å². The van der Waals surface area contributed by atoms with Crippen LogP contribution < -0.4 is 11.5 Å². The number of rotatable bonds is 10. The summed E-state index contributed by atoms with van der Waals surface area (Å²) in [6.45, 7) is 8.99. The molecule has 5 nitrogen and oxygen atoms in total. The summed E-state index contributed by atoms with van der Waals surface area (Å²) < 4.78 is 0. The highest BCUT2D eigenvalue weighted by Crippen LogP contribution is 2.15. The summed E-state index contributed by atoms with van der Waals surface area (Å²) in [5.41, 5.74) is 15.9. The SMILES string of the molecule is C=C(CC)N(/C=C(\N)c1ccc(C[C@H](N)CCC(=O)O)cc1)CC. The highest BCUT2D eigenvalue weighted by molar-refractivity contribution is 5.66. The van der Waals surface area contributed by atoms with E-state index in [1.54, 1.807) is 0 Å². The number of hydrogen-bond acceptors (Lipinski definition) is 4. The minimum absolute atomic E-state index is 0.100. The number of carboxylic acid groups (broad SMARTS) is 1. The zero-order valence-corrected chi connectivity index (χ0v) is 14.7. The number of carbonyl (C=O) groups is 1. The third-order valence-electron chi connectivity index (χ3n) is 3.96. The Labute approximate surface area is 144 Å². The molecule has 1 rings (SSSR count). The van der Waals surface area contributed by atoms with Crippen LogP contribution in [0.1, 0.15) is 44.2 Å². The van der Waals surface area contributed by atoms with E-state index < -0.39 is 5.97 Å². The van der Waals surface area contributed by atoms with Crippen LogP contribution in [0.25, 0.3) is 5.70 Å². The summed E-state index contributed by atoms with van der Waals surface area (Å²) in [7, 11) is 0. The molecule has 0 aliphatic carbocycles. The van der Waals surface area contributed by atoms with Gasteiger partial charge in [-0.05, 0) is 37.3 Å². The molecule has 1 aromatic carbocycles. The Morgan fingerprint density at radius 2 is 1.96 bits per heavy atom. The fourth-order valence-electron chi connectivity index (χ4n) is 2.40. The Kier molecular flexibility index (Phi) is 8.06. The molecule has 0 saturated carbocycles. The van der Waals surface area contributed by atoms with E-state index >= 15 is 0 Å². The number of allylic oxidation sites excluding steroid dienone is 1. The average Bonchev–Trinajstić information content (AvgIpc) is 2.57. The Balaban J connectivity index is 2.72. The summed E-state index contributed by atoms with van der Waals surface area (Å²) in [4.78, 5) is 12.6. The number of nitrogens with two attached hydrogens (primary N) is 2. The lowest BCUT2D eigenvalue weighted by Gasteiger charge is -2.21. The predicted molar refractivity (Wildman–Crippen MR) is 99.0 cm³/mol. The molecular formula is C19H29N3O2. The molecule has 24 heavy (non-hydrogen) atoms. The van der Waals surface area contributed by atoms with Crippen LogP contribution in [0.4, 0.5) is 0 Å². The van der Waals surface area contributed by atoms with Crippen LogP contribution in [0.3, 0.4) is 0 Å². The number of benzene rings is 1. The van der Waals surface area contributed by atoms with Gasteiger partial charge in [0.05, 0.1) is 5.70 Å². The van der Waals surface area contributed by atoms with Crippen LogP contribution in [0.5, 0.6) is 0 Å². The van der Waals surface area contributed by atoms with Crippen molar-refractivity contribution >= 4 is 11.7 Å². The van der Waals surface area contributed by atoms with Crippen molar-refractivity contribution in [1.29, 1.82) is 0 Å². The molecule has 0 aliphatic heterocycles. The molecule has 5 heteroatoms. The maximum atomic E-state index is 10.6. The van der Waals surface area contributed by atoms with Gasteiger partial charge in [0.15, 0.2) is 0 Å². The second-order valence-electron chi connectivity index (χ2n) is 5.88. The second kappa shape index (κ2) is 9.78. The number of carboxylic acids is 1. The molecule has 0 aliphatic rings. The molecule has 1 atom stereocenters. The van der Waals surface area contributed by atoms with Crippen molar-refractivity contribution in [2.75, 3.05) is 6.54 Å². The minimum Gasteiger partial charge on any atom is -0.481 e. The van der Waals surface area contributed by atoms with Gasteiger partial charge >= 0.3 is 5.97 Å². The Morgan fingerprint density at radius 3 is 2.46 bits per heavy atom. The van der Waals surface area contributed by atoms with Gasteiger partial charge in [0.2, 0.25) is 0 Å². The van der Waals surface area contributed by atoms with Crippen LogP contribution in [0, 0.1) is 0 Å². The first kappa shape index (κ1) is 19.8. The molecule has 0 saturated heterocycles.